The summed E-state index contributed by atoms with van der Waals surface area (Å²) in [7, 11) is 3.62. The van der Waals surface area contributed by atoms with Crippen molar-refractivity contribution in [2.45, 2.75) is 19.9 Å². The molecule has 1 atom stereocenters. The number of hydrogen-bond donors (Lipinski definition) is 2. The van der Waals surface area contributed by atoms with Crippen molar-refractivity contribution < 1.29 is 14.7 Å². The average Bonchev–Trinajstić information content (AvgIpc) is 2.55. The smallest absolute Gasteiger partial charge is 0.330 e. The number of aryl methyl sites for hydroxylation is 1. The average molecular weight is 328 g/mol. The Labute approximate surface area is 140 Å². The van der Waals surface area contributed by atoms with E-state index in [1.165, 1.54) is 12.4 Å². The number of aromatic nitrogens is 2. The van der Waals surface area contributed by atoms with Gasteiger partial charge in [-0.25, -0.2) is 14.8 Å². The van der Waals surface area contributed by atoms with Gasteiger partial charge in [0.25, 0.3) is 5.91 Å². The van der Waals surface area contributed by atoms with Crippen LogP contribution in [0.15, 0.2) is 30.6 Å². The Morgan fingerprint density at radius 1 is 1.17 bits per heavy atom. The molecule has 0 bridgehead atoms. The highest BCUT2D eigenvalue weighted by Crippen LogP contribution is 2.21. The number of nitrogens with zero attached hydrogens (tertiary/aromatic N) is 3. The van der Waals surface area contributed by atoms with E-state index in [1.54, 1.807) is 17.0 Å². The first-order valence-electron chi connectivity index (χ1n) is 7.40. The van der Waals surface area contributed by atoms with Crippen LogP contribution < -0.4 is 10.2 Å². The van der Waals surface area contributed by atoms with Crippen molar-refractivity contribution in [2.75, 3.05) is 19.0 Å². The van der Waals surface area contributed by atoms with Crippen LogP contribution in [-0.4, -0.2) is 41.0 Å². The number of carboxylic acid groups (broad SMARTS) is 1. The highest BCUT2D eigenvalue weighted by molar-refractivity contribution is 5.95. The van der Waals surface area contributed by atoms with Gasteiger partial charge in [0.05, 0.1) is 12.4 Å². The van der Waals surface area contributed by atoms with Crippen molar-refractivity contribution >= 4 is 17.7 Å². The van der Waals surface area contributed by atoms with Gasteiger partial charge in [-0.05, 0) is 30.5 Å². The third-order valence-corrected chi connectivity index (χ3v) is 3.81. The number of nitrogens with one attached hydrogen (secondary N) is 1. The van der Waals surface area contributed by atoms with E-state index in [0.29, 0.717) is 11.4 Å². The van der Waals surface area contributed by atoms with Crippen LogP contribution in [0.25, 0.3) is 0 Å². The topological polar surface area (TPSA) is 95.4 Å². The zero-order valence-electron chi connectivity index (χ0n) is 14.1. The van der Waals surface area contributed by atoms with E-state index in [2.05, 4.69) is 15.3 Å². The zero-order chi connectivity index (χ0) is 17.9. The Hall–Kier alpha value is -2.96. The van der Waals surface area contributed by atoms with Crippen LogP contribution >= 0.6 is 0 Å². The van der Waals surface area contributed by atoms with Crippen LogP contribution in [0.2, 0.25) is 0 Å². The van der Waals surface area contributed by atoms with Gasteiger partial charge < -0.3 is 15.3 Å². The molecule has 0 aliphatic carbocycles. The van der Waals surface area contributed by atoms with Gasteiger partial charge in [-0.2, -0.15) is 0 Å². The Morgan fingerprint density at radius 2 is 1.88 bits per heavy atom. The molecule has 1 heterocycles. The highest BCUT2D eigenvalue weighted by Gasteiger charge is 2.25. The van der Waals surface area contributed by atoms with Gasteiger partial charge in [-0.3, -0.25) is 4.79 Å². The minimum Gasteiger partial charge on any atom is -0.479 e. The zero-order valence-corrected chi connectivity index (χ0v) is 14.1. The lowest BCUT2D eigenvalue weighted by Gasteiger charge is -2.18. The number of aliphatic carboxylic acids is 1. The summed E-state index contributed by atoms with van der Waals surface area (Å²) in [6.07, 6.45) is 2.79. The molecule has 1 aromatic heterocycles. The van der Waals surface area contributed by atoms with Crippen LogP contribution in [0.5, 0.6) is 0 Å². The van der Waals surface area contributed by atoms with Crippen LogP contribution in [0.3, 0.4) is 0 Å². The lowest BCUT2D eigenvalue weighted by atomic mass is 9.97. The van der Waals surface area contributed by atoms with E-state index in [0.717, 1.165) is 11.1 Å². The lowest BCUT2D eigenvalue weighted by molar-refractivity contribution is -0.139. The number of amides is 1. The second-order valence-electron chi connectivity index (χ2n) is 5.69. The summed E-state index contributed by atoms with van der Waals surface area (Å²) in [5, 5.41) is 12.0. The molecule has 0 spiro atoms. The molecule has 7 nitrogen and oxygen atoms in total. The van der Waals surface area contributed by atoms with E-state index in [4.69, 9.17) is 0 Å². The third kappa shape index (κ3) is 3.68. The third-order valence-electron chi connectivity index (χ3n) is 3.81. The van der Waals surface area contributed by atoms with Crippen molar-refractivity contribution in [1.82, 2.24) is 15.3 Å². The summed E-state index contributed by atoms with van der Waals surface area (Å²) >= 11 is 0. The van der Waals surface area contributed by atoms with Crippen LogP contribution in [0.4, 0.5) is 5.82 Å². The fourth-order valence-electron chi connectivity index (χ4n) is 2.23. The second-order valence-corrected chi connectivity index (χ2v) is 5.69. The highest BCUT2D eigenvalue weighted by atomic mass is 16.4. The van der Waals surface area contributed by atoms with Crippen LogP contribution in [0, 0.1) is 13.8 Å². The molecule has 0 fully saturated rings. The summed E-state index contributed by atoms with van der Waals surface area (Å²) < 4.78 is 0. The normalized spacial score (nSPS) is 11.7. The predicted molar refractivity (Wildman–Crippen MR) is 90.1 cm³/mol. The molecule has 126 valence electrons. The van der Waals surface area contributed by atoms with Crippen molar-refractivity contribution in [3.05, 3.63) is 53.0 Å². The minimum atomic E-state index is -1.15. The first-order valence-corrected chi connectivity index (χ1v) is 7.40. The van der Waals surface area contributed by atoms with Crippen LogP contribution in [-0.2, 0) is 4.79 Å². The summed E-state index contributed by atoms with van der Waals surface area (Å²) in [6.45, 7) is 3.73. The molecule has 0 saturated carbocycles. The summed E-state index contributed by atoms with van der Waals surface area (Å²) in [6, 6.07) is 4.21. The Balaban J connectivity index is 2.26. The molecule has 2 rings (SSSR count). The molecule has 1 aromatic carbocycles. The van der Waals surface area contributed by atoms with Gasteiger partial charge >= 0.3 is 5.97 Å². The van der Waals surface area contributed by atoms with Gasteiger partial charge in [0, 0.05) is 14.1 Å². The number of carboxylic acids is 1. The van der Waals surface area contributed by atoms with E-state index in [9.17, 15) is 14.7 Å². The molecule has 1 amide bonds. The molecule has 2 N–H and O–H groups in total. The molecule has 0 saturated heterocycles. The summed E-state index contributed by atoms with van der Waals surface area (Å²) in [5.41, 5.74) is 2.41. The number of rotatable bonds is 5. The number of anilines is 1. The SMILES string of the molecule is Cc1cccc(C(NC(=O)c2cnc(N(C)C)cn2)C(=O)O)c1C. The molecule has 1 unspecified atom stereocenters. The molecule has 7 heteroatoms. The summed E-state index contributed by atoms with van der Waals surface area (Å²) in [4.78, 5) is 33.8. The van der Waals surface area contributed by atoms with Gasteiger partial charge in [0.15, 0.2) is 6.04 Å². The number of carbonyl (C=O) groups excluding carboxylic acids is 1. The van der Waals surface area contributed by atoms with Crippen molar-refractivity contribution in [1.29, 1.82) is 0 Å². The lowest BCUT2D eigenvalue weighted by Crippen LogP contribution is -2.34. The van der Waals surface area contributed by atoms with E-state index in [-0.39, 0.29) is 5.69 Å². The molecular formula is C17H20N4O3. The van der Waals surface area contributed by atoms with Crippen molar-refractivity contribution in [2.24, 2.45) is 0 Å². The van der Waals surface area contributed by atoms with Gasteiger partial charge in [0.1, 0.15) is 11.5 Å². The quantitative estimate of drug-likeness (QED) is 0.867. The van der Waals surface area contributed by atoms with Crippen molar-refractivity contribution in [3.63, 3.8) is 0 Å². The number of carbonyl (C=O) groups is 2. The largest absolute Gasteiger partial charge is 0.479 e. The maximum Gasteiger partial charge on any atom is 0.330 e. The maximum atomic E-state index is 12.3. The minimum absolute atomic E-state index is 0.0668. The summed E-state index contributed by atoms with van der Waals surface area (Å²) in [5.74, 6) is -1.10. The standard InChI is InChI=1S/C17H20N4O3/c1-10-6-5-7-12(11(10)2)15(17(23)24)20-16(22)13-8-19-14(9-18-13)21(3)4/h5-9,15H,1-4H3,(H,20,22)(H,23,24). The van der Waals surface area contributed by atoms with Gasteiger partial charge in [-0.15, -0.1) is 0 Å². The van der Waals surface area contributed by atoms with E-state index in [1.807, 2.05) is 34.0 Å². The monoisotopic (exact) mass is 328 g/mol. The second kappa shape index (κ2) is 7.08. The molecule has 0 aliphatic rings. The van der Waals surface area contributed by atoms with E-state index >= 15 is 0 Å². The molecule has 0 aliphatic heterocycles. The first kappa shape index (κ1) is 17.4. The molecule has 0 radical (unpaired) electrons. The van der Waals surface area contributed by atoms with Crippen LogP contribution in [0.1, 0.15) is 33.2 Å². The Morgan fingerprint density at radius 3 is 2.42 bits per heavy atom. The van der Waals surface area contributed by atoms with Crippen molar-refractivity contribution in [3.8, 4) is 0 Å². The number of benzene rings is 1. The van der Waals surface area contributed by atoms with Gasteiger partial charge in [0.2, 0.25) is 0 Å². The van der Waals surface area contributed by atoms with E-state index < -0.39 is 17.9 Å². The fourth-order valence-corrected chi connectivity index (χ4v) is 2.23. The Bertz CT molecular complexity index is 757. The fraction of sp³-hybridized carbons (Fsp3) is 0.294. The number of hydrogen-bond acceptors (Lipinski definition) is 5. The molecular weight excluding hydrogens is 308 g/mol. The first-order chi connectivity index (χ1) is 11.3. The van der Waals surface area contributed by atoms with Gasteiger partial charge in [-0.1, -0.05) is 18.2 Å². The maximum absolute atomic E-state index is 12.3. The Kier molecular flexibility index (Phi) is 5.13. The molecule has 24 heavy (non-hydrogen) atoms. The molecule has 2 aromatic rings. The predicted octanol–water partition coefficient (Wildman–Crippen LogP) is 1.72.